The van der Waals surface area contributed by atoms with Gasteiger partial charge in [-0.15, -0.1) is 0 Å². The maximum absolute atomic E-state index is 10.6. The average molecular weight is 222 g/mol. The number of aromatic nitrogens is 1. The van der Waals surface area contributed by atoms with Crippen molar-refractivity contribution in [2.24, 2.45) is 0 Å². The number of carboxylic acid groups (broad SMARTS) is 1. The standard InChI is InChI=1S/C11H14N2O3/c14-11(15)10-2-1-9(7-12-10)13-8-3-5-16-6-4-8/h1-2,7-8,13H,3-6H2,(H,14,15). The Morgan fingerprint density at radius 2 is 2.19 bits per heavy atom. The number of hydrogen-bond donors (Lipinski definition) is 2. The molecule has 2 rings (SSSR count). The number of carboxylic acids is 1. The molecular formula is C11H14N2O3. The Kier molecular flexibility index (Phi) is 3.36. The molecule has 0 amide bonds. The fraction of sp³-hybridized carbons (Fsp3) is 0.455. The molecule has 1 saturated heterocycles. The monoisotopic (exact) mass is 222 g/mol. The van der Waals surface area contributed by atoms with Gasteiger partial charge in [-0.1, -0.05) is 0 Å². The van der Waals surface area contributed by atoms with E-state index in [1.54, 1.807) is 12.3 Å². The number of pyridine rings is 1. The summed E-state index contributed by atoms with van der Waals surface area (Å²) >= 11 is 0. The van der Waals surface area contributed by atoms with E-state index >= 15 is 0 Å². The summed E-state index contributed by atoms with van der Waals surface area (Å²) in [7, 11) is 0. The van der Waals surface area contributed by atoms with Crippen LogP contribution in [0.1, 0.15) is 23.3 Å². The van der Waals surface area contributed by atoms with Gasteiger partial charge in [0.25, 0.3) is 0 Å². The Hall–Kier alpha value is -1.62. The Labute approximate surface area is 93.5 Å². The highest BCUT2D eigenvalue weighted by atomic mass is 16.5. The van der Waals surface area contributed by atoms with E-state index < -0.39 is 5.97 Å². The molecule has 86 valence electrons. The van der Waals surface area contributed by atoms with Crippen LogP contribution < -0.4 is 5.32 Å². The lowest BCUT2D eigenvalue weighted by molar-refractivity contribution is 0.0690. The van der Waals surface area contributed by atoms with Crippen LogP contribution in [0.25, 0.3) is 0 Å². The van der Waals surface area contributed by atoms with Crippen molar-refractivity contribution >= 4 is 11.7 Å². The van der Waals surface area contributed by atoms with Gasteiger partial charge in [0.15, 0.2) is 0 Å². The number of nitrogens with one attached hydrogen (secondary N) is 1. The van der Waals surface area contributed by atoms with Gasteiger partial charge in [-0.2, -0.15) is 0 Å². The SMILES string of the molecule is O=C(O)c1ccc(NC2CCOCC2)cn1. The quantitative estimate of drug-likeness (QED) is 0.808. The second kappa shape index (κ2) is 4.94. The van der Waals surface area contributed by atoms with Crippen molar-refractivity contribution in [2.45, 2.75) is 18.9 Å². The summed E-state index contributed by atoms with van der Waals surface area (Å²) in [5.74, 6) is -1.00. The molecule has 0 bridgehead atoms. The molecule has 0 aromatic carbocycles. The maximum atomic E-state index is 10.6. The molecule has 5 heteroatoms. The van der Waals surface area contributed by atoms with E-state index in [0.29, 0.717) is 6.04 Å². The van der Waals surface area contributed by atoms with E-state index in [0.717, 1.165) is 31.7 Å². The number of anilines is 1. The molecule has 1 aromatic rings. The summed E-state index contributed by atoms with van der Waals surface area (Å²) in [6, 6.07) is 3.64. The smallest absolute Gasteiger partial charge is 0.354 e. The lowest BCUT2D eigenvalue weighted by atomic mass is 10.1. The first-order chi connectivity index (χ1) is 7.75. The summed E-state index contributed by atoms with van der Waals surface area (Å²) in [6.07, 6.45) is 3.50. The molecule has 2 heterocycles. The van der Waals surface area contributed by atoms with Crippen molar-refractivity contribution in [1.82, 2.24) is 4.98 Å². The van der Waals surface area contributed by atoms with Crippen LogP contribution in [0.2, 0.25) is 0 Å². The van der Waals surface area contributed by atoms with Crippen molar-refractivity contribution in [3.8, 4) is 0 Å². The fourth-order valence-electron chi connectivity index (χ4n) is 1.68. The Bertz CT molecular complexity index is 358. The van der Waals surface area contributed by atoms with Crippen molar-refractivity contribution < 1.29 is 14.6 Å². The van der Waals surface area contributed by atoms with Crippen molar-refractivity contribution in [1.29, 1.82) is 0 Å². The molecule has 0 unspecified atom stereocenters. The minimum Gasteiger partial charge on any atom is -0.477 e. The zero-order valence-electron chi connectivity index (χ0n) is 8.85. The van der Waals surface area contributed by atoms with Crippen molar-refractivity contribution in [3.05, 3.63) is 24.0 Å². The highest BCUT2D eigenvalue weighted by Gasteiger charge is 2.13. The molecule has 0 aliphatic carbocycles. The molecule has 0 atom stereocenters. The topological polar surface area (TPSA) is 71.5 Å². The van der Waals surface area contributed by atoms with Crippen molar-refractivity contribution in [3.63, 3.8) is 0 Å². The van der Waals surface area contributed by atoms with Crippen LogP contribution in [-0.4, -0.2) is 35.3 Å². The minimum atomic E-state index is -1.00. The molecular weight excluding hydrogens is 208 g/mol. The number of carbonyl (C=O) groups is 1. The number of aromatic carboxylic acids is 1. The first-order valence-corrected chi connectivity index (χ1v) is 5.29. The van der Waals surface area contributed by atoms with Gasteiger partial charge in [0.2, 0.25) is 0 Å². The van der Waals surface area contributed by atoms with Crippen molar-refractivity contribution in [2.75, 3.05) is 18.5 Å². The largest absolute Gasteiger partial charge is 0.477 e. The Morgan fingerprint density at radius 3 is 2.75 bits per heavy atom. The number of nitrogens with zero attached hydrogens (tertiary/aromatic N) is 1. The first-order valence-electron chi connectivity index (χ1n) is 5.29. The predicted octanol–water partition coefficient (Wildman–Crippen LogP) is 1.37. The van der Waals surface area contributed by atoms with Crippen LogP contribution in [0.15, 0.2) is 18.3 Å². The zero-order chi connectivity index (χ0) is 11.4. The molecule has 1 aliphatic heterocycles. The molecule has 2 N–H and O–H groups in total. The second-order valence-electron chi connectivity index (χ2n) is 3.77. The second-order valence-corrected chi connectivity index (χ2v) is 3.77. The summed E-state index contributed by atoms with van der Waals surface area (Å²) in [5.41, 5.74) is 0.925. The van der Waals surface area contributed by atoms with Gasteiger partial charge in [0, 0.05) is 19.3 Å². The van der Waals surface area contributed by atoms with Crippen LogP contribution in [0.4, 0.5) is 5.69 Å². The molecule has 0 radical (unpaired) electrons. The van der Waals surface area contributed by atoms with Crippen LogP contribution in [-0.2, 0) is 4.74 Å². The van der Waals surface area contributed by atoms with Gasteiger partial charge in [-0.25, -0.2) is 9.78 Å². The summed E-state index contributed by atoms with van der Waals surface area (Å²) in [5, 5.41) is 12.0. The van der Waals surface area contributed by atoms with Crippen LogP contribution in [0.3, 0.4) is 0 Å². The van der Waals surface area contributed by atoms with E-state index in [1.807, 2.05) is 0 Å². The summed E-state index contributed by atoms with van der Waals surface area (Å²) in [6.45, 7) is 1.55. The summed E-state index contributed by atoms with van der Waals surface area (Å²) in [4.78, 5) is 14.5. The van der Waals surface area contributed by atoms with Crippen LogP contribution in [0.5, 0.6) is 0 Å². The van der Waals surface area contributed by atoms with Gasteiger partial charge in [0.05, 0.1) is 11.9 Å². The van der Waals surface area contributed by atoms with Crippen LogP contribution >= 0.6 is 0 Å². The van der Waals surface area contributed by atoms with E-state index in [1.165, 1.54) is 6.07 Å². The third-order valence-corrected chi connectivity index (χ3v) is 2.57. The van der Waals surface area contributed by atoms with E-state index in [2.05, 4.69) is 10.3 Å². The number of ether oxygens (including phenoxy) is 1. The van der Waals surface area contributed by atoms with E-state index in [4.69, 9.17) is 9.84 Å². The normalized spacial score (nSPS) is 17.0. The molecule has 16 heavy (non-hydrogen) atoms. The lowest BCUT2D eigenvalue weighted by Crippen LogP contribution is -2.27. The maximum Gasteiger partial charge on any atom is 0.354 e. The van der Waals surface area contributed by atoms with Gasteiger partial charge >= 0.3 is 5.97 Å². The van der Waals surface area contributed by atoms with E-state index in [9.17, 15) is 4.79 Å². The third kappa shape index (κ3) is 2.70. The van der Waals surface area contributed by atoms with Crippen LogP contribution in [0, 0.1) is 0 Å². The van der Waals surface area contributed by atoms with Gasteiger partial charge in [0.1, 0.15) is 5.69 Å². The van der Waals surface area contributed by atoms with Gasteiger partial charge in [-0.05, 0) is 25.0 Å². The minimum absolute atomic E-state index is 0.0672. The highest BCUT2D eigenvalue weighted by Crippen LogP contribution is 2.14. The third-order valence-electron chi connectivity index (χ3n) is 2.57. The molecule has 0 saturated carbocycles. The summed E-state index contributed by atoms with van der Waals surface area (Å²) < 4.78 is 5.25. The van der Waals surface area contributed by atoms with Gasteiger partial charge in [-0.3, -0.25) is 0 Å². The fourth-order valence-corrected chi connectivity index (χ4v) is 1.68. The molecule has 0 spiro atoms. The Balaban J connectivity index is 1.96. The molecule has 5 nitrogen and oxygen atoms in total. The predicted molar refractivity (Wildman–Crippen MR) is 58.7 cm³/mol. The average Bonchev–Trinajstić information content (AvgIpc) is 2.31. The molecule has 1 fully saturated rings. The first kappa shape index (κ1) is 10.9. The van der Waals surface area contributed by atoms with Gasteiger partial charge < -0.3 is 15.2 Å². The zero-order valence-corrected chi connectivity index (χ0v) is 8.85. The Morgan fingerprint density at radius 1 is 1.44 bits per heavy atom. The molecule has 1 aliphatic rings. The van der Waals surface area contributed by atoms with E-state index in [-0.39, 0.29) is 5.69 Å². The number of hydrogen-bond acceptors (Lipinski definition) is 4. The molecule has 1 aromatic heterocycles. The lowest BCUT2D eigenvalue weighted by Gasteiger charge is -2.23. The highest BCUT2D eigenvalue weighted by molar-refractivity contribution is 5.85. The number of rotatable bonds is 3.